The van der Waals surface area contributed by atoms with E-state index in [0.29, 0.717) is 0 Å². The van der Waals surface area contributed by atoms with Crippen LogP contribution in [0.2, 0.25) is 0 Å². The lowest BCUT2D eigenvalue weighted by Crippen LogP contribution is -2.00. The molecule has 0 aromatic heterocycles. The molecule has 0 bridgehead atoms. The third kappa shape index (κ3) is 2.59. The summed E-state index contributed by atoms with van der Waals surface area (Å²) in [6, 6.07) is 19.3. The maximum absolute atomic E-state index is 3.38. The summed E-state index contributed by atoms with van der Waals surface area (Å²) < 4.78 is 0. The topological polar surface area (TPSA) is 12.0 Å². The van der Waals surface area contributed by atoms with Gasteiger partial charge in [-0.25, -0.2) is 0 Å². The molecule has 2 aromatic carbocycles. The van der Waals surface area contributed by atoms with Crippen LogP contribution in [0.3, 0.4) is 0 Å². The molecular formula is C14H14N. The van der Waals surface area contributed by atoms with E-state index < -0.39 is 0 Å². The molecule has 0 fully saturated rings. The van der Waals surface area contributed by atoms with Crippen molar-refractivity contribution in [1.29, 1.82) is 0 Å². The number of aryl methyl sites for hydroxylation is 1. The predicted molar refractivity (Wildman–Crippen MR) is 63.8 cm³/mol. The fraction of sp³-hybridized carbons (Fsp3) is 0.143. The summed E-state index contributed by atoms with van der Waals surface area (Å²) in [7, 11) is 0. The minimum Gasteiger partial charge on any atom is -0.381 e. The van der Waals surface area contributed by atoms with Gasteiger partial charge in [0.25, 0.3) is 0 Å². The number of hydrogen-bond acceptors (Lipinski definition) is 1. The first-order chi connectivity index (χ1) is 7.36. The van der Waals surface area contributed by atoms with Gasteiger partial charge >= 0.3 is 0 Å². The Balaban J connectivity index is 2.03. The Morgan fingerprint density at radius 2 is 1.80 bits per heavy atom. The third-order valence-electron chi connectivity index (χ3n) is 2.46. The molecule has 0 aliphatic carbocycles. The first-order valence-corrected chi connectivity index (χ1v) is 5.11. The zero-order valence-electron chi connectivity index (χ0n) is 8.83. The first kappa shape index (κ1) is 9.78. The van der Waals surface area contributed by atoms with Gasteiger partial charge in [0.15, 0.2) is 0 Å². The average molecular weight is 196 g/mol. The molecule has 0 spiro atoms. The number of rotatable bonds is 3. The van der Waals surface area contributed by atoms with Crippen molar-refractivity contribution in [2.45, 2.75) is 13.5 Å². The van der Waals surface area contributed by atoms with Crippen LogP contribution in [0.5, 0.6) is 0 Å². The second-order valence-corrected chi connectivity index (χ2v) is 3.57. The van der Waals surface area contributed by atoms with Crippen LogP contribution in [0.15, 0.2) is 48.5 Å². The summed E-state index contributed by atoms with van der Waals surface area (Å²) in [6.07, 6.45) is 0. The van der Waals surface area contributed by atoms with E-state index >= 15 is 0 Å². The number of hydrogen-bond donors (Lipinski definition) is 1. The molecule has 2 aromatic rings. The maximum Gasteiger partial charge on any atom is 0.0403 e. The van der Waals surface area contributed by atoms with Gasteiger partial charge in [0.2, 0.25) is 0 Å². The number of anilines is 1. The SMILES string of the molecule is Cc1ccccc1CNc1cc[c]cc1. The van der Waals surface area contributed by atoms with Gasteiger partial charge in [-0.3, -0.25) is 0 Å². The van der Waals surface area contributed by atoms with Crippen LogP contribution >= 0.6 is 0 Å². The Kier molecular flexibility index (Phi) is 3.03. The Bertz CT molecular complexity index is 420. The second kappa shape index (κ2) is 4.65. The Labute approximate surface area is 90.8 Å². The van der Waals surface area contributed by atoms with Crippen LogP contribution in [0.25, 0.3) is 0 Å². The van der Waals surface area contributed by atoms with Crippen LogP contribution < -0.4 is 5.32 Å². The molecule has 1 heteroatoms. The molecule has 0 aliphatic heterocycles. The van der Waals surface area contributed by atoms with E-state index in [0.717, 1.165) is 12.2 Å². The lowest BCUT2D eigenvalue weighted by atomic mass is 10.1. The molecule has 0 amide bonds. The molecule has 0 aliphatic rings. The first-order valence-electron chi connectivity index (χ1n) is 5.11. The molecule has 0 heterocycles. The molecule has 75 valence electrons. The third-order valence-corrected chi connectivity index (χ3v) is 2.46. The lowest BCUT2D eigenvalue weighted by molar-refractivity contribution is 1.12. The zero-order valence-corrected chi connectivity index (χ0v) is 8.83. The number of nitrogens with one attached hydrogen (secondary N) is 1. The Morgan fingerprint density at radius 1 is 1.07 bits per heavy atom. The molecule has 0 saturated carbocycles. The van der Waals surface area contributed by atoms with Crippen molar-refractivity contribution in [1.82, 2.24) is 0 Å². The molecule has 1 radical (unpaired) electrons. The number of benzene rings is 2. The summed E-state index contributed by atoms with van der Waals surface area (Å²) in [6.45, 7) is 3.01. The molecule has 2 rings (SSSR count). The van der Waals surface area contributed by atoms with Crippen LogP contribution in [-0.4, -0.2) is 0 Å². The van der Waals surface area contributed by atoms with Crippen LogP contribution in [0.1, 0.15) is 11.1 Å². The van der Waals surface area contributed by atoms with E-state index in [9.17, 15) is 0 Å². The van der Waals surface area contributed by atoms with E-state index in [1.165, 1.54) is 11.1 Å². The van der Waals surface area contributed by atoms with Crippen molar-refractivity contribution in [2.24, 2.45) is 0 Å². The van der Waals surface area contributed by atoms with Gasteiger partial charge in [0.1, 0.15) is 0 Å². The highest BCUT2D eigenvalue weighted by Crippen LogP contribution is 2.11. The largest absolute Gasteiger partial charge is 0.381 e. The average Bonchev–Trinajstić information content (AvgIpc) is 2.29. The van der Waals surface area contributed by atoms with Gasteiger partial charge in [0.05, 0.1) is 0 Å². The standard InChI is InChI=1S/C14H14N/c1-12-7-5-6-8-13(12)11-15-14-9-3-2-4-10-14/h3-10,15H,11H2,1H3. The van der Waals surface area contributed by atoms with Gasteiger partial charge in [-0.15, -0.1) is 0 Å². The van der Waals surface area contributed by atoms with Crippen molar-refractivity contribution in [2.75, 3.05) is 5.32 Å². The fourth-order valence-corrected chi connectivity index (χ4v) is 1.51. The molecule has 15 heavy (non-hydrogen) atoms. The monoisotopic (exact) mass is 196 g/mol. The van der Waals surface area contributed by atoms with Crippen molar-refractivity contribution < 1.29 is 0 Å². The Hall–Kier alpha value is -1.76. The van der Waals surface area contributed by atoms with Gasteiger partial charge < -0.3 is 5.32 Å². The maximum atomic E-state index is 3.38. The van der Waals surface area contributed by atoms with Crippen molar-refractivity contribution in [3.05, 3.63) is 65.7 Å². The summed E-state index contributed by atoms with van der Waals surface area (Å²) in [4.78, 5) is 0. The molecule has 0 unspecified atom stereocenters. The normalized spacial score (nSPS) is 9.93. The van der Waals surface area contributed by atoms with E-state index in [2.05, 4.69) is 42.6 Å². The predicted octanol–water partition coefficient (Wildman–Crippen LogP) is 3.41. The summed E-state index contributed by atoms with van der Waals surface area (Å²) in [5.41, 5.74) is 3.80. The Morgan fingerprint density at radius 3 is 2.53 bits per heavy atom. The molecular weight excluding hydrogens is 182 g/mol. The van der Waals surface area contributed by atoms with Gasteiger partial charge in [-0.05, 0) is 36.2 Å². The summed E-state index contributed by atoms with van der Waals surface area (Å²) in [5, 5.41) is 3.38. The minimum atomic E-state index is 0.872. The molecule has 0 atom stereocenters. The molecule has 0 saturated heterocycles. The highest BCUT2D eigenvalue weighted by molar-refractivity contribution is 5.43. The smallest absolute Gasteiger partial charge is 0.0403 e. The lowest BCUT2D eigenvalue weighted by Gasteiger charge is -2.08. The van der Waals surface area contributed by atoms with Crippen LogP contribution in [-0.2, 0) is 6.54 Å². The van der Waals surface area contributed by atoms with Crippen LogP contribution in [0.4, 0.5) is 5.69 Å². The van der Waals surface area contributed by atoms with Crippen molar-refractivity contribution in [3.63, 3.8) is 0 Å². The highest BCUT2D eigenvalue weighted by atomic mass is 14.9. The van der Waals surface area contributed by atoms with Gasteiger partial charge in [-0.1, -0.05) is 36.4 Å². The quantitative estimate of drug-likeness (QED) is 0.793. The van der Waals surface area contributed by atoms with E-state index in [1.807, 2.05) is 24.3 Å². The van der Waals surface area contributed by atoms with E-state index in [4.69, 9.17) is 0 Å². The minimum absolute atomic E-state index is 0.872. The summed E-state index contributed by atoms with van der Waals surface area (Å²) >= 11 is 0. The molecule has 1 nitrogen and oxygen atoms in total. The van der Waals surface area contributed by atoms with Crippen LogP contribution in [0, 0.1) is 13.0 Å². The van der Waals surface area contributed by atoms with Crippen molar-refractivity contribution >= 4 is 5.69 Å². The molecule has 1 N–H and O–H groups in total. The van der Waals surface area contributed by atoms with Gasteiger partial charge in [0, 0.05) is 12.2 Å². The van der Waals surface area contributed by atoms with E-state index in [1.54, 1.807) is 0 Å². The fourth-order valence-electron chi connectivity index (χ4n) is 1.51. The second-order valence-electron chi connectivity index (χ2n) is 3.57. The summed E-state index contributed by atoms with van der Waals surface area (Å²) in [5.74, 6) is 0. The zero-order chi connectivity index (χ0) is 10.5. The highest BCUT2D eigenvalue weighted by Gasteiger charge is 1.96. The van der Waals surface area contributed by atoms with Crippen molar-refractivity contribution in [3.8, 4) is 0 Å². The van der Waals surface area contributed by atoms with Gasteiger partial charge in [-0.2, -0.15) is 0 Å². The van der Waals surface area contributed by atoms with E-state index in [-0.39, 0.29) is 0 Å².